The molecular formula is C25H34N4O3. The number of aromatic nitrogens is 1. The van der Waals surface area contributed by atoms with Crippen molar-refractivity contribution in [2.75, 3.05) is 39.3 Å². The van der Waals surface area contributed by atoms with Crippen LogP contribution in [0.4, 0.5) is 0 Å². The molecule has 2 atom stereocenters. The third-order valence-electron chi connectivity index (χ3n) is 5.71. The highest BCUT2D eigenvalue weighted by molar-refractivity contribution is 5.79. The predicted molar refractivity (Wildman–Crippen MR) is 124 cm³/mol. The second-order valence-electron chi connectivity index (χ2n) is 8.51. The highest BCUT2D eigenvalue weighted by atomic mass is 16.5. The maximum Gasteiger partial charge on any atom is 0.224 e. The summed E-state index contributed by atoms with van der Waals surface area (Å²) in [6.45, 7) is 7.41. The molecule has 1 aliphatic heterocycles. The smallest absolute Gasteiger partial charge is 0.224 e. The van der Waals surface area contributed by atoms with Crippen molar-refractivity contribution in [3.05, 3.63) is 59.9 Å². The quantitative estimate of drug-likeness (QED) is 0.556. The lowest BCUT2D eigenvalue weighted by Gasteiger charge is -2.37. The van der Waals surface area contributed by atoms with Gasteiger partial charge in [-0.2, -0.15) is 0 Å². The molecule has 0 radical (unpaired) electrons. The number of nitrogens with zero attached hydrogens (tertiary/aromatic N) is 2. The van der Waals surface area contributed by atoms with E-state index in [9.17, 15) is 9.59 Å². The number of rotatable bonds is 10. The SMILES string of the molecule is CC(=O)NCCNC(=O)[C@@H]1C[C@H](COc2ccc(C)nc2)CN(CCc2ccccc2)C1. The van der Waals surface area contributed by atoms with E-state index >= 15 is 0 Å². The van der Waals surface area contributed by atoms with Crippen LogP contribution in [-0.2, 0) is 16.0 Å². The molecule has 172 valence electrons. The van der Waals surface area contributed by atoms with Crippen molar-refractivity contribution in [1.82, 2.24) is 20.5 Å². The van der Waals surface area contributed by atoms with Gasteiger partial charge in [-0.1, -0.05) is 30.3 Å². The molecule has 1 aromatic carbocycles. The molecule has 1 saturated heterocycles. The molecule has 2 heterocycles. The Balaban J connectivity index is 1.56. The molecule has 2 amide bonds. The Morgan fingerprint density at radius 1 is 1.09 bits per heavy atom. The molecule has 3 rings (SSSR count). The number of hydrogen-bond acceptors (Lipinski definition) is 5. The summed E-state index contributed by atoms with van der Waals surface area (Å²) >= 11 is 0. The van der Waals surface area contributed by atoms with Crippen molar-refractivity contribution in [1.29, 1.82) is 0 Å². The summed E-state index contributed by atoms with van der Waals surface area (Å²) in [6.07, 6.45) is 3.48. The minimum absolute atomic E-state index is 0.0433. The van der Waals surface area contributed by atoms with Gasteiger partial charge in [0.05, 0.1) is 18.7 Å². The molecule has 2 aromatic rings. The number of likely N-dealkylation sites (tertiary alicyclic amines) is 1. The number of piperidine rings is 1. The van der Waals surface area contributed by atoms with Crippen molar-refractivity contribution in [3.8, 4) is 5.75 Å². The van der Waals surface area contributed by atoms with Crippen LogP contribution in [0.25, 0.3) is 0 Å². The summed E-state index contributed by atoms with van der Waals surface area (Å²) in [5.74, 6) is 0.871. The topological polar surface area (TPSA) is 83.6 Å². The Kier molecular flexibility index (Phi) is 9.04. The summed E-state index contributed by atoms with van der Waals surface area (Å²) < 4.78 is 6.00. The number of benzene rings is 1. The van der Waals surface area contributed by atoms with E-state index in [0.717, 1.165) is 43.9 Å². The molecule has 0 aliphatic carbocycles. The van der Waals surface area contributed by atoms with Crippen LogP contribution >= 0.6 is 0 Å². The second kappa shape index (κ2) is 12.2. The summed E-state index contributed by atoms with van der Waals surface area (Å²) in [6, 6.07) is 14.3. The molecule has 0 bridgehead atoms. The van der Waals surface area contributed by atoms with Gasteiger partial charge in [0.1, 0.15) is 5.75 Å². The number of amides is 2. The van der Waals surface area contributed by atoms with Crippen molar-refractivity contribution in [2.45, 2.75) is 26.7 Å². The Morgan fingerprint density at radius 2 is 1.88 bits per heavy atom. The average Bonchev–Trinajstić information content (AvgIpc) is 2.80. The van der Waals surface area contributed by atoms with Crippen LogP contribution in [-0.4, -0.2) is 61.0 Å². The number of ether oxygens (including phenoxy) is 1. The van der Waals surface area contributed by atoms with Crippen molar-refractivity contribution >= 4 is 11.8 Å². The minimum atomic E-state index is -0.0957. The van der Waals surface area contributed by atoms with Crippen LogP contribution in [0.15, 0.2) is 48.7 Å². The van der Waals surface area contributed by atoms with Gasteiger partial charge >= 0.3 is 0 Å². The van der Waals surface area contributed by atoms with Crippen LogP contribution in [0, 0.1) is 18.8 Å². The number of pyridine rings is 1. The van der Waals surface area contributed by atoms with E-state index < -0.39 is 0 Å². The van der Waals surface area contributed by atoms with Crippen LogP contribution in [0.5, 0.6) is 5.75 Å². The van der Waals surface area contributed by atoms with Gasteiger partial charge in [-0.05, 0) is 37.5 Å². The number of carbonyl (C=O) groups is 2. The first-order chi connectivity index (χ1) is 15.5. The molecule has 7 heteroatoms. The van der Waals surface area contributed by atoms with Crippen LogP contribution in [0.2, 0.25) is 0 Å². The Hall–Kier alpha value is -2.93. The van der Waals surface area contributed by atoms with Gasteiger partial charge < -0.3 is 20.3 Å². The molecule has 2 N–H and O–H groups in total. The molecule has 32 heavy (non-hydrogen) atoms. The predicted octanol–water partition coefficient (Wildman–Crippen LogP) is 2.20. The second-order valence-corrected chi connectivity index (χ2v) is 8.51. The first-order valence-electron chi connectivity index (χ1n) is 11.3. The lowest BCUT2D eigenvalue weighted by atomic mass is 9.88. The van der Waals surface area contributed by atoms with Crippen LogP contribution < -0.4 is 15.4 Å². The zero-order valence-corrected chi connectivity index (χ0v) is 19.0. The molecule has 1 fully saturated rings. The van der Waals surface area contributed by atoms with Crippen molar-refractivity contribution in [3.63, 3.8) is 0 Å². The zero-order valence-electron chi connectivity index (χ0n) is 19.0. The lowest BCUT2D eigenvalue weighted by Crippen LogP contribution is -2.49. The van der Waals surface area contributed by atoms with Gasteiger partial charge in [-0.15, -0.1) is 0 Å². The monoisotopic (exact) mass is 438 g/mol. The van der Waals surface area contributed by atoms with Gasteiger partial charge in [-0.3, -0.25) is 14.6 Å². The number of aryl methyl sites for hydroxylation is 1. The average molecular weight is 439 g/mol. The Bertz CT molecular complexity index is 857. The van der Waals surface area contributed by atoms with Gasteiger partial charge in [-0.25, -0.2) is 0 Å². The van der Waals surface area contributed by atoms with Gasteiger partial charge in [0, 0.05) is 51.3 Å². The van der Waals surface area contributed by atoms with Gasteiger partial charge in [0.25, 0.3) is 0 Å². The minimum Gasteiger partial charge on any atom is -0.492 e. The van der Waals surface area contributed by atoms with Gasteiger partial charge in [0.15, 0.2) is 0 Å². The van der Waals surface area contributed by atoms with E-state index in [1.54, 1.807) is 6.20 Å². The van der Waals surface area contributed by atoms with Crippen molar-refractivity contribution in [2.24, 2.45) is 11.8 Å². The maximum atomic E-state index is 12.8. The third kappa shape index (κ3) is 7.96. The van der Waals surface area contributed by atoms with E-state index in [1.807, 2.05) is 25.1 Å². The molecule has 0 spiro atoms. The summed E-state index contributed by atoms with van der Waals surface area (Å²) in [5, 5.41) is 5.68. The first-order valence-corrected chi connectivity index (χ1v) is 11.3. The number of carbonyl (C=O) groups excluding carboxylic acids is 2. The van der Waals surface area contributed by atoms with E-state index in [0.29, 0.717) is 19.7 Å². The van der Waals surface area contributed by atoms with Gasteiger partial charge in [0.2, 0.25) is 11.8 Å². The largest absolute Gasteiger partial charge is 0.492 e. The van der Waals surface area contributed by atoms with E-state index in [4.69, 9.17) is 4.74 Å². The van der Waals surface area contributed by atoms with Crippen LogP contribution in [0.1, 0.15) is 24.6 Å². The molecule has 0 unspecified atom stereocenters. The highest BCUT2D eigenvalue weighted by Gasteiger charge is 2.31. The fraction of sp³-hybridized carbons (Fsp3) is 0.480. The molecular weight excluding hydrogens is 404 g/mol. The van der Waals surface area contributed by atoms with E-state index in [2.05, 4.69) is 44.8 Å². The number of nitrogens with one attached hydrogen (secondary N) is 2. The van der Waals surface area contributed by atoms with E-state index in [1.165, 1.54) is 12.5 Å². The third-order valence-corrected chi connectivity index (χ3v) is 5.71. The lowest BCUT2D eigenvalue weighted by molar-refractivity contribution is -0.128. The molecule has 1 aliphatic rings. The standard InChI is InChI=1S/C25H34N4O3/c1-19-8-9-24(15-28-19)32-18-22-14-23(25(31)27-12-11-26-20(2)30)17-29(16-22)13-10-21-6-4-3-5-7-21/h3-9,15,22-23H,10-14,16-18H2,1-2H3,(H,26,30)(H,27,31)/t22-,23+/m0/s1. The molecule has 7 nitrogen and oxygen atoms in total. The zero-order chi connectivity index (χ0) is 22.8. The first kappa shape index (κ1) is 23.7. The Labute approximate surface area is 190 Å². The number of hydrogen-bond donors (Lipinski definition) is 2. The molecule has 0 saturated carbocycles. The summed E-state index contributed by atoms with van der Waals surface area (Å²) in [7, 11) is 0. The Morgan fingerprint density at radius 3 is 2.59 bits per heavy atom. The normalized spacial score (nSPS) is 18.7. The fourth-order valence-corrected chi connectivity index (χ4v) is 4.05. The summed E-state index contributed by atoms with van der Waals surface area (Å²) in [4.78, 5) is 30.5. The van der Waals surface area contributed by atoms with Crippen LogP contribution in [0.3, 0.4) is 0 Å². The fourth-order valence-electron chi connectivity index (χ4n) is 4.05. The summed E-state index contributed by atoms with van der Waals surface area (Å²) in [5.41, 5.74) is 2.26. The molecule has 1 aromatic heterocycles. The van der Waals surface area contributed by atoms with Crippen molar-refractivity contribution < 1.29 is 14.3 Å². The van der Waals surface area contributed by atoms with E-state index in [-0.39, 0.29) is 23.7 Å². The maximum absolute atomic E-state index is 12.8. The highest BCUT2D eigenvalue weighted by Crippen LogP contribution is 2.24.